The Bertz CT molecular complexity index is 1160. The molecule has 0 spiro atoms. The Morgan fingerprint density at radius 1 is 0.786 bits per heavy atom. The zero-order valence-corrected chi connectivity index (χ0v) is 18.6. The number of nitrogens with zero attached hydrogens (tertiary/aromatic N) is 2. The van der Waals surface area contributed by atoms with Crippen molar-refractivity contribution in [3.8, 4) is 0 Å². The van der Waals surface area contributed by atoms with E-state index < -0.39 is 0 Å². The number of benzene rings is 2. The maximum atomic E-state index is 6.28. The Morgan fingerprint density at radius 3 is 1.96 bits per heavy atom. The van der Waals surface area contributed by atoms with Crippen molar-refractivity contribution in [2.24, 2.45) is 0 Å². The van der Waals surface area contributed by atoms with E-state index in [2.05, 4.69) is 11.6 Å². The van der Waals surface area contributed by atoms with Gasteiger partial charge in [-0.25, -0.2) is 0 Å². The molecule has 4 rings (SSSR count). The van der Waals surface area contributed by atoms with E-state index in [9.17, 15) is 0 Å². The second kappa shape index (κ2) is 9.42. The Labute approximate surface area is 190 Å². The minimum Gasteiger partial charge on any atom is -0.344 e. The van der Waals surface area contributed by atoms with E-state index in [1.54, 1.807) is 6.07 Å². The number of rotatable bonds is 3. The topological polar surface area (TPSA) is 60.8 Å². The minimum absolute atomic E-state index is 0. The predicted molar refractivity (Wildman–Crippen MR) is 119 cm³/mol. The summed E-state index contributed by atoms with van der Waals surface area (Å²) < 4.78 is 1.68. The van der Waals surface area contributed by atoms with E-state index in [-0.39, 0.29) is 18.6 Å². The molecule has 0 amide bonds. The number of hydrogen-bond acceptors (Lipinski definition) is 3. The molecule has 0 bridgehead atoms. The van der Waals surface area contributed by atoms with Gasteiger partial charge in [0.15, 0.2) is 0 Å². The largest absolute Gasteiger partial charge is 0.344 e. The SMILES string of the molecule is C=[C]([Fe][c]1c(Cl)cccc1Cl)c1ccc2ccc3ccc(Cl)nc3c2n1.Cl.N. The summed E-state index contributed by atoms with van der Waals surface area (Å²) in [7, 11) is 0. The molecule has 2 heterocycles. The Morgan fingerprint density at radius 2 is 1.32 bits per heavy atom. The molecule has 2 aromatic heterocycles. The first-order valence-electron chi connectivity index (χ1n) is 7.64. The molecule has 0 aliphatic carbocycles. The fourth-order valence-electron chi connectivity index (χ4n) is 2.60. The maximum absolute atomic E-state index is 6.28. The minimum atomic E-state index is 0. The molecule has 0 atom stereocenters. The number of pyridine rings is 2. The van der Waals surface area contributed by atoms with Crippen LogP contribution in [-0.4, -0.2) is 9.97 Å². The van der Waals surface area contributed by atoms with E-state index in [4.69, 9.17) is 39.8 Å². The van der Waals surface area contributed by atoms with Gasteiger partial charge < -0.3 is 6.15 Å². The molecule has 0 aliphatic heterocycles. The summed E-state index contributed by atoms with van der Waals surface area (Å²) in [4.78, 5) is 9.24. The molecule has 2 aromatic carbocycles. The van der Waals surface area contributed by atoms with E-state index >= 15 is 0 Å². The van der Waals surface area contributed by atoms with Gasteiger partial charge in [-0.1, -0.05) is 0 Å². The van der Waals surface area contributed by atoms with Gasteiger partial charge in [-0.2, -0.15) is 0 Å². The summed E-state index contributed by atoms with van der Waals surface area (Å²) in [5, 5.41) is 3.68. The van der Waals surface area contributed by atoms with Crippen LogP contribution in [0, 0.1) is 0 Å². The van der Waals surface area contributed by atoms with Gasteiger partial charge in [0.1, 0.15) is 0 Å². The number of halogens is 4. The summed E-state index contributed by atoms with van der Waals surface area (Å²) in [5.74, 6) is 0. The first-order chi connectivity index (χ1) is 12.5. The molecule has 0 aliphatic rings. The van der Waals surface area contributed by atoms with Gasteiger partial charge in [-0.3, -0.25) is 0 Å². The van der Waals surface area contributed by atoms with Crippen molar-refractivity contribution >= 4 is 77.9 Å². The van der Waals surface area contributed by atoms with Crippen LogP contribution < -0.4 is 10.6 Å². The van der Waals surface area contributed by atoms with Crippen LogP contribution >= 0.6 is 47.2 Å². The summed E-state index contributed by atoms with van der Waals surface area (Å²) in [5.41, 5.74) is 2.36. The smallest absolute Gasteiger partial charge is 0.147 e. The third kappa shape index (κ3) is 4.45. The molecule has 4 aromatic rings. The van der Waals surface area contributed by atoms with Crippen molar-refractivity contribution in [1.29, 1.82) is 0 Å². The molecule has 0 unspecified atom stereocenters. The third-order valence-electron chi connectivity index (χ3n) is 3.85. The van der Waals surface area contributed by atoms with Gasteiger partial charge in [0, 0.05) is 0 Å². The predicted octanol–water partition coefficient (Wildman–Crippen LogP) is 6.71. The molecule has 3 nitrogen and oxygen atoms in total. The molecule has 0 saturated carbocycles. The Balaban J connectivity index is 0.00000140. The van der Waals surface area contributed by atoms with Gasteiger partial charge >= 0.3 is 173 Å². The van der Waals surface area contributed by atoms with Crippen molar-refractivity contribution in [1.82, 2.24) is 16.1 Å². The summed E-state index contributed by atoms with van der Waals surface area (Å²) in [6.45, 7) is 4.18. The summed E-state index contributed by atoms with van der Waals surface area (Å²) in [6.07, 6.45) is 0. The zero-order chi connectivity index (χ0) is 18.3. The molecule has 0 saturated heterocycles. The van der Waals surface area contributed by atoms with E-state index in [0.29, 0.717) is 30.2 Å². The van der Waals surface area contributed by atoms with Gasteiger partial charge in [-0.05, 0) is 0 Å². The van der Waals surface area contributed by atoms with Crippen molar-refractivity contribution in [3.63, 3.8) is 0 Å². The number of fused-ring (bicyclic) bond motifs is 3. The molecule has 28 heavy (non-hydrogen) atoms. The van der Waals surface area contributed by atoms with E-state index in [1.807, 2.05) is 48.5 Å². The molecular weight excluding hydrogens is 480 g/mol. The van der Waals surface area contributed by atoms with Crippen LogP contribution in [0.2, 0.25) is 15.2 Å². The van der Waals surface area contributed by atoms with E-state index in [1.165, 1.54) is 0 Å². The zero-order valence-electron chi connectivity index (χ0n) is 14.4. The summed E-state index contributed by atoms with van der Waals surface area (Å²) in [6, 6.07) is 17.2. The van der Waals surface area contributed by atoms with Gasteiger partial charge in [0.05, 0.1) is 0 Å². The van der Waals surface area contributed by atoms with Crippen LogP contribution in [0.1, 0.15) is 5.69 Å². The quantitative estimate of drug-likeness (QED) is 0.196. The van der Waals surface area contributed by atoms with Gasteiger partial charge in [0.25, 0.3) is 0 Å². The molecule has 0 radical (unpaired) electrons. The van der Waals surface area contributed by atoms with Crippen molar-refractivity contribution < 1.29 is 15.0 Å². The monoisotopic (exact) mass is 493 g/mol. The Hall–Kier alpha value is -1.36. The first kappa shape index (κ1) is 22.9. The maximum Gasteiger partial charge on any atom is -0.147 e. The Kier molecular flexibility index (Phi) is 7.72. The number of hydrogen-bond donors (Lipinski definition) is 1. The van der Waals surface area contributed by atoms with Crippen LogP contribution in [0.25, 0.3) is 26.3 Å². The second-order valence-electron chi connectivity index (χ2n) is 5.54. The van der Waals surface area contributed by atoms with Gasteiger partial charge in [0.2, 0.25) is 0 Å². The molecule has 3 N–H and O–H groups in total. The van der Waals surface area contributed by atoms with E-state index in [0.717, 1.165) is 36.4 Å². The molecule has 8 heteroatoms. The fraction of sp³-hybridized carbons (Fsp3) is 0. The number of aromatic nitrogens is 2. The molecule has 0 fully saturated rings. The molecule has 146 valence electrons. The van der Waals surface area contributed by atoms with Gasteiger partial charge in [-0.15, -0.1) is 12.4 Å². The standard InChI is InChI=1S/C14H8ClN2.C6H3Cl2.ClH.Fe.H3N/c1-2-11-7-5-9-3-4-10-6-8-12(15)17-14(10)13(9)16-11;7-5-2-1-3-6(8)4-5;;;/h3-8H,1H2;1-3H;1H;;1H3. The first-order valence-corrected chi connectivity index (χ1v) is 9.88. The van der Waals surface area contributed by atoms with Crippen LogP contribution in [0.4, 0.5) is 0 Å². The summed E-state index contributed by atoms with van der Waals surface area (Å²) >= 11 is 19.2. The molecular formula is C20H15Cl4FeN3. The van der Waals surface area contributed by atoms with Crippen molar-refractivity contribution in [3.05, 3.63) is 82.1 Å². The van der Waals surface area contributed by atoms with Crippen molar-refractivity contribution in [2.45, 2.75) is 0 Å². The normalized spacial score (nSPS) is 10.5. The van der Waals surface area contributed by atoms with Crippen LogP contribution in [0.15, 0.2) is 61.2 Å². The second-order valence-corrected chi connectivity index (χ2v) is 8.24. The third-order valence-corrected chi connectivity index (χ3v) is 6.47. The van der Waals surface area contributed by atoms with Crippen LogP contribution in [-0.2, 0) is 15.0 Å². The van der Waals surface area contributed by atoms with Crippen molar-refractivity contribution in [2.75, 3.05) is 0 Å². The average Bonchev–Trinajstić information content (AvgIpc) is 2.64. The fourth-order valence-corrected chi connectivity index (χ4v) is 4.50. The average molecular weight is 495 g/mol. The van der Waals surface area contributed by atoms with Crippen LogP contribution in [0.5, 0.6) is 0 Å². The van der Waals surface area contributed by atoms with Crippen LogP contribution in [0.3, 0.4) is 0 Å².